The number of benzene rings is 6. The first-order valence-corrected chi connectivity index (χ1v) is 29.6. The normalized spacial score (nSPS) is 19.8. The average Bonchev–Trinajstić information content (AvgIpc) is 3.46. The van der Waals surface area contributed by atoms with E-state index in [0.29, 0.717) is 16.7 Å². The van der Waals surface area contributed by atoms with Gasteiger partial charge in [-0.25, -0.2) is 0 Å². The third-order valence-corrected chi connectivity index (χ3v) is 15.0. The number of aliphatic imine (C=N–C) groups is 4. The summed E-state index contributed by atoms with van der Waals surface area (Å²) in [7, 11) is 0. The van der Waals surface area contributed by atoms with Crippen LogP contribution in [0.4, 0.5) is 0 Å². The molecule has 0 radical (unpaired) electrons. The number of hydrogen-bond acceptors (Lipinski definition) is 11. The molecule has 0 saturated carbocycles. The van der Waals surface area contributed by atoms with Crippen molar-refractivity contribution in [1.82, 2.24) is 37.2 Å². The minimum Gasteiger partial charge on any atom is -0.370 e. The van der Waals surface area contributed by atoms with E-state index in [4.69, 9.17) is 45.9 Å². The van der Waals surface area contributed by atoms with Gasteiger partial charge < -0.3 is 83.1 Å². The maximum atomic E-state index is 15.4. The Morgan fingerprint density at radius 2 is 0.483 bits per heavy atom. The van der Waals surface area contributed by atoms with E-state index in [1.807, 2.05) is 127 Å². The summed E-state index contributed by atoms with van der Waals surface area (Å²) in [5, 5.41) is 25.3. The molecule has 0 aromatic heterocycles. The number of fused-ring (bicyclic) bond motifs is 3. The highest BCUT2D eigenvalue weighted by molar-refractivity contribution is 5.99. The highest BCUT2D eigenvalue weighted by atomic mass is 16.2. The standard InChI is InChI=1S/C63H81N19O7/c64-60(65)72-27-7-17-46-53(83)76-47(18-8-28-73-61(66)67)54(84)78-49(20-10-30-75-63(70)71)56(86)80-51(35-38-22-25-41-12-2-5-15-44(41)32-38)58(88)82-52(36-39-23-26-42-13-3-6-16-45(42)33-39)59(89)81-50(34-37-21-24-40-11-1-4-14-43(40)31-37)57(87)79-48(55(85)77-46)19-9-29-74-62(68)69/h1-6,11-16,21-26,31-33,46-52H,7-10,17-20,27-30,34-36H2,(H,76,83)(H,77,85)(H,78,84)(H,79,87)(H,80,86)(H,81,89)(H,82,88)(H4,64,65,72)(H4,66,67,73)(H4,68,69,74)(H4,70,71,75)/t46-,47-,48-,49-,50+,51+,52+/m1/s1. The molecule has 0 spiro atoms. The van der Waals surface area contributed by atoms with Crippen LogP contribution in [0.5, 0.6) is 0 Å². The molecule has 7 rings (SSSR count). The Morgan fingerprint density at radius 3 is 0.708 bits per heavy atom. The minimum absolute atomic E-state index is 0.0387. The number of nitrogens with one attached hydrogen (secondary N) is 7. The minimum atomic E-state index is -1.41. The van der Waals surface area contributed by atoms with Crippen molar-refractivity contribution < 1.29 is 33.6 Å². The van der Waals surface area contributed by atoms with Gasteiger partial charge in [0.25, 0.3) is 0 Å². The van der Waals surface area contributed by atoms with Crippen molar-refractivity contribution in [3.63, 3.8) is 0 Å². The van der Waals surface area contributed by atoms with Gasteiger partial charge in [0.1, 0.15) is 42.3 Å². The van der Waals surface area contributed by atoms with Gasteiger partial charge in [0.15, 0.2) is 23.8 Å². The highest BCUT2D eigenvalue weighted by Crippen LogP contribution is 2.21. The predicted molar refractivity (Wildman–Crippen MR) is 346 cm³/mol. The largest absolute Gasteiger partial charge is 0.370 e. The average molecular weight is 1220 g/mol. The van der Waals surface area contributed by atoms with E-state index >= 15 is 19.2 Å². The van der Waals surface area contributed by atoms with Crippen LogP contribution >= 0.6 is 0 Å². The van der Waals surface area contributed by atoms with Crippen molar-refractivity contribution in [2.24, 2.45) is 65.8 Å². The number of nitrogens with zero attached hydrogens (tertiary/aromatic N) is 4. The van der Waals surface area contributed by atoms with Crippen molar-refractivity contribution in [3.05, 3.63) is 144 Å². The number of nitrogens with two attached hydrogens (primary N) is 8. The first-order valence-electron chi connectivity index (χ1n) is 29.6. The molecule has 1 heterocycles. The van der Waals surface area contributed by atoms with E-state index in [0.717, 1.165) is 32.3 Å². The van der Waals surface area contributed by atoms with E-state index in [9.17, 15) is 14.4 Å². The zero-order valence-electron chi connectivity index (χ0n) is 49.5. The molecule has 23 N–H and O–H groups in total. The quantitative estimate of drug-likeness (QED) is 0.0238. The SMILES string of the molecule is NC(N)=NCCC[C@H]1NC(=O)[C@H](Cc2ccc3ccccc3c2)NC(=O)[C@H](Cc2ccc3ccccc3c2)NC(=O)[C@H](Cc2ccc3ccccc3c2)NC(=O)[C@@H](CCCN=C(N)N)NC(=O)[C@@H](CCCN=C(N)N)NC(=O)[C@@H](CCCN=C(N)N)NC1=O. The lowest BCUT2D eigenvalue weighted by Gasteiger charge is -2.28. The van der Waals surface area contributed by atoms with Crippen molar-refractivity contribution >= 4 is 97.5 Å². The Kier molecular flexibility index (Phi) is 24.3. The molecule has 1 fully saturated rings. The summed E-state index contributed by atoms with van der Waals surface area (Å²) in [6, 6.07) is 29.8. The molecule has 7 atom stereocenters. The molecule has 0 bridgehead atoms. The topological polar surface area (TPSA) is 461 Å². The van der Waals surface area contributed by atoms with Crippen LogP contribution in [0.1, 0.15) is 68.1 Å². The number of guanidine groups is 4. The van der Waals surface area contributed by atoms with E-state index in [1.54, 1.807) is 0 Å². The van der Waals surface area contributed by atoms with Crippen LogP contribution in [0.15, 0.2) is 147 Å². The first kappa shape index (κ1) is 66.0. The number of hydrogen-bond donors (Lipinski definition) is 15. The summed E-state index contributed by atoms with van der Waals surface area (Å²) in [6.45, 7) is 0.167. The van der Waals surface area contributed by atoms with Gasteiger partial charge in [0.2, 0.25) is 41.4 Å². The van der Waals surface area contributed by atoms with E-state index < -0.39 is 83.6 Å². The second-order valence-corrected chi connectivity index (χ2v) is 21.9. The highest BCUT2D eigenvalue weighted by Gasteiger charge is 2.36. The summed E-state index contributed by atoms with van der Waals surface area (Å²) in [4.78, 5) is 122. The molecule has 6 aromatic carbocycles. The smallest absolute Gasteiger partial charge is 0.243 e. The third-order valence-electron chi connectivity index (χ3n) is 15.0. The van der Waals surface area contributed by atoms with Crippen LogP contribution in [-0.2, 0) is 52.8 Å². The second kappa shape index (κ2) is 32.8. The lowest BCUT2D eigenvalue weighted by atomic mass is 9.97. The van der Waals surface area contributed by atoms with Gasteiger partial charge in [-0.15, -0.1) is 0 Å². The van der Waals surface area contributed by atoms with Crippen molar-refractivity contribution in [2.45, 2.75) is 113 Å². The lowest BCUT2D eigenvalue weighted by molar-refractivity contribution is -0.135. The molecule has 89 heavy (non-hydrogen) atoms. The molecular formula is C63H81N19O7. The number of carbonyl (C=O) groups is 7. The van der Waals surface area contributed by atoms with Gasteiger partial charge in [-0.05, 0) is 100 Å². The molecule has 470 valence electrons. The molecule has 1 aliphatic rings. The summed E-state index contributed by atoms with van der Waals surface area (Å²) >= 11 is 0. The van der Waals surface area contributed by atoms with E-state index in [1.165, 1.54) is 0 Å². The van der Waals surface area contributed by atoms with Crippen molar-refractivity contribution in [3.8, 4) is 0 Å². The first-order chi connectivity index (χ1) is 42.8. The van der Waals surface area contributed by atoms with Crippen LogP contribution in [-0.4, -0.2) is 134 Å². The van der Waals surface area contributed by atoms with Crippen LogP contribution < -0.4 is 83.1 Å². The van der Waals surface area contributed by atoms with E-state index in [2.05, 4.69) is 57.2 Å². The van der Waals surface area contributed by atoms with Gasteiger partial charge in [-0.3, -0.25) is 53.5 Å². The zero-order chi connectivity index (χ0) is 63.8. The van der Waals surface area contributed by atoms with Crippen LogP contribution in [0.2, 0.25) is 0 Å². The summed E-state index contributed by atoms with van der Waals surface area (Å²) in [5.74, 6) is -6.50. The predicted octanol–water partition coefficient (Wildman–Crippen LogP) is -0.204. The Bertz CT molecular complexity index is 3470. The molecule has 0 aliphatic carbocycles. The van der Waals surface area contributed by atoms with Crippen LogP contribution in [0.25, 0.3) is 32.3 Å². The maximum Gasteiger partial charge on any atom is 0.243 e. The fourth-order valence-electron chi connectivity index (χ4n) is 10.4. The van der Waals surface area contributed by atoms with Crippen molar-refractivity contribution in [2.75, 3.05) is 26.2 Å². The number of amides is 7. The Hall–Kier alpha value is -10.5. The van der Waals surface area contributed by atoms with Crippen LogP contribution in [0.3, 0.4) is 0 Å². The number of carbonyl (C=O) groups excluding carboxylic acids is 7. The Morgan fingerprint density at radius 1 is 0.281 bits per heavy atom. The maximum absolute atomic E-state index is 15.4. The second-order valence-electron chi connectivity index (χ2n) is 21.9. The van der Waals surface area contributed by atoms with Crippen molar-refractivity contribution in [1.29, 1.82) is 0 Å². The van der Waals surface area contributed by atoms with Gasteiger partial charge >= 0.3 is 0 Å². The number of rotatable bonds is 22. The van der Waals surface area contributed by atoms with E-state index in [-0.39, 0.29) is 121 Å². The Labute approximate surface area is 515 Å². The summed E-state index contributed by atoms with van der Waals surface area (Å²) < 4.78 is 0. The molecule has 26 nitrogen and oxygen atoms in total. The molecule has 6 aromatic rings. The third kappa shape index (κ3) is 20.9. The van der Waals surface area contributed by atoms with Gasteiger partial charge in [-0.2, -0.15) is 0 Å². The lowest BCUT2D eigenvalue weighted by Crippen LogP contribution is -2.60. The monoisotopic (exact) mass is 1220 g/mol. The van der Waals surface area contributed by atoms with Crippen LogP contribution in [0, 0.1) is 0 Å². The molecular weight excluding hydrogens is 1130 g/mol. The molecule has 26 heteroatoms. The van der Waals surface area contributed by atoms with Gasteiger partial charge in [-0.1, -0.05) is 127 Å². The molecule has 0 unspecified atom stereocenters. The summed E-state index contributed by atoms with van der Waals surface area (Å²) in [6.07, 6.45) is -0.0347. The Balaban J connectivity index is 1.37. The molecule has 7 amide bonds. The zero-order valence-corrected chi connectivity index (χ0v) is 49.5. The van der Waals surface area contributed by atoms with Gasteiger partial charge in [0.05, 0.1) is 0 Å². The fraction of sp³-hybridized carbons (Fsp3) is 0.349. The fourth-order valence-corrected chi connectivity index (χ4v) is 10.4. The molecule has 1 saturated heterocycles. The molecule has 1 aliphatic heterocycles. The summed E-state index contributed by atoms with van der Waals surface area (Å²) in [5.41, 5.74) is 47.1. The van der Waals surface area contributed by atoms with Gasteiger partial charge in [0, 0.05) is 45.4 Å².